The van der Waals surface area contributed by atoms with E-state index in [-0.39, 0.29) is 0 Å². The largest absolute Gasteiger partial charge is 0.486 e. The average Bonchev–Trinajstić information content (AvgIpc) is 2.39. The third-order valence-corrected chi connectivity index (χ3v) is 3.40. The zero-order chi connectivity index (χ0) is 12.8. The highest BCUT2D eigenvalue weighted by molar-refractivity contribution is 7.80. The second kappa shape index (κ2) is 6.90. The second-order valence-corrected chi connectivity index (χ2v) is 4.95. The fraction of sp³-hybridized carbons (Fsp3) is 0.571. The summed E-state index contributed by atoms with van der Waals surface area (Å²) in [5.74, 6) is 2.71. The van der Waals surface area contributed by atoms with Gasteiger partial charge in [-0.3, -0.25) is 0 Å². The van der Waals surface area contributed by atoms with Crippen LogP contribution in [0.1, 0.15) is 17.5 Å². The molecule has 0 unspecified atom stereocenters. The molecule has 1 heterocycles. The van der Waals surface area contributed by atoms with Gasteiger partial charge in [-0.15, -0.1) is 0 Å². The van der Waals surface area contributed by atoms with E-state index in [0.29, 0.717) is 13.2 Å². The first kappa shape index (κ1) is 13.6. The maximum absolute atomic E-state index is 5.61. The summed E-state index contributed by atoms with van der Waals surface area (Å²) in [6, 6.07) is 4.20. The van der Waals surface area contributed by atoms with Gasteiger partial charge in [0.25, 0.3) is 0 Å². The Kier molecular flexibility index (Phi) is 5.20. The third-order valence-electron chi connectivity index (χ3n) is 3.08. The lowest BCUT2D eigenvalue weighted by Crippen LogP contribution is -2.20. The summed E-state index contributed by atoms with van der Waals surface area (Å²) in [4.78, 5) is 0. The van der Waals surface area contributed by atoms with E-state index in [2.05, 4.69) is 37.0 Å². The van der Waals surface area contributed by atoms with Crippen molar-refractivity contribution >= 4 is 12.6 Å². The lowest BCUT2D eigenvalue weighted by molar-refractivity contribution is 0.171. The van der Waals surface area contributed by atoms with Crippen LogP contribution < -0.4 is 14.8 Å². The minimum absolute atomic E-state index is 0.649. The quantitative estimate of drug-likeness (QED) is 0.612. The minimum Gasteiger partial charge on any atom is -0.486 e. The number of fused-ring (bicyclic) bond motifs is 1. The average molecular weight is 267 g/mol. The van der Waals surface area contributed by atoms with Gasteiger partial charge in [0, 0.05) is 0 Å². The predicted octanol–water partition coefficient (Wildman–Crippen LogP) is 2.22. The van der Waals surface area contributed by atoms with Gasteiger partial charge in [-0.05, 0) is 61.9 Å². The molecule has 3 nitrogen and oxygen atoms in total. The topological polar surface area (TPSA) is 30.5 Å². The Bertz CT molecular complexity index is 396. The van der Waals surface area contributed by atoms with E-state index in [1.54, 1.807) is 0 Å². The highest BCUT2D eigenvalue weighted by atomic mass is 32.1. The number of nitrogens with one attached hydrogen (secondary N) is 1. The van der Waals surface area contributed by atoms with Crippen molar-refractivity contribution in [2.45, 2.75) is 19.8 Å². The lowest BCUT2D eigenvalue weighted by atomic mass is 10.0. The first-order chi connectivity index (χ1) is 8.81. The number of aryl methyl sites for hydroxylation is 1. The molecule has 18 heavy (non-hydrogen) atoms. The zero-order valence-corrected chi connectivity index (χ0v) is 11.8. The lowest BCUT2D eigenvalue weighted by Gasteiger charge is -2.20. The van der Waals surface area contributed by atoms with Crippen molar-refractivity contribution in [3.8, 4) is 11.5 Å². The molecule has 0 amide bonds. The molecule has 0 bridgehead atoms. The van der Waals surface area contributed by atoms with Crippen LogP contribution in [0.3, 0.4) is 0 Å². The Morgan fingerprint density at radius 2 is 1.89 bits per heavy atom. The number of thiol groups is 1. The molecule has 1 aliphatic heterocycles. The van der Waals surface area contributed by atoms with Crippen molar-refractivity contribution in [2.24, 2.45) is 0 Å². The number of hydrogen-bond donors (Lipinski definition) is 2. The fourth-order valence-electron chi connectivity index (χ4n) is 2.05. The van der Waals surface area contributed by atoms with Crippen LogP contribution in [-0.2, 0) is 6.42 Å². The van der Waals surface area contributed by atoms with Crippen molar-refractivity contribution in [3.05, 3.63) is 23.3 Å². The Hall–Kier alpha value is -0.870. The van der Waals surface area contributed by atoms with E-state index < -0.39 is 0 Å². The number of ether oxygens (including phenoxy) is 2. The SMILES string of the molecule is Cc1cc2c(cc1CCNCCCS)OCCO2. The molecule has 0 fully saturated rings. The van der Waals surface area contributed by atoms with E-state index in [0.717, 1.165) is 43.2 Å². The smallest absolute Gasteiger partial charge is 0.161 e. The number of rotatable bonds is 6. The van der Waals surface area contributed by atoms with Gasteiger partial charge in [0.2, 0.25) is 0 Å². The number of hydrogen-bond acceptors (Lipinski definition) is 4. The molecule has 1 N–H and O–H groups in total. The van der Waals surface area contributed by atoms with Gasteiger partial charge in [-0.2, -0.15) is 12.6 Å². The summed E-state index contributed by atoms with van der Waals surface area (Å²) in [5.41, 5.74) is 2.60. The van der Waals surface area contributed by atoms with Crippen LogP contribution in [-0.4, -0.2) is 32.1 Å². The van der Waals surface area contributed by atoms with Crippen LogP contribution in [0, 0.1) is 6.92 Å². The summed E-state index contributed by atoms with van der Waals surface area (Å²) < 4.78 is 11.2. The zero-order valence-electron chi connectivity index (χ0n) is 10.9. The molecule has 2 rings (SSSR count). The minimum atomic E-state index is 0.649. The molecule has 0 aromatic heterocycles. The molecule has 1 aromatic carbocycles. The Morgan fingerprint density at radius 3 is 2.61 bits per heavy atom. The van der Waals surface area contributed by atoms with Gasteiger partial charge in [0.15, 0.2) is 11.5 Å². The van der Waals surface area contributed by atoms with Crippen LogP contribution in [0.4, 0.5) is 0 Å². The van der Waals surface area contributed by atoms with Crippen molar-refractivity contribution in [3.63, 3.8) is 0 Å². The van der Waals surface area contributed by atoms with Crippen molar-refractivity contribution in [1.82, 2.24) is 5.32 Å². The molecule has 100 valence electrons. The van der Waals surface area contributed by atoms with Crippen molar-refractivity contribution in [2.75, 3.05) is 32.1 Å². The van der Waals surface area contributed by atoms with Crippen LogP contribution in [0.5, 0.6) is 11.5 Å². The van der Waals surface area contributed by atoms with Gasteiger partial charge >= 0.3 is 0 Å². The van der Waals surface area contributed by atoms with E-state index in [4.69, 9.17) is 9.47 Å². The molecule has 0 spiro atoms. The monoisotopic (exact) mass is 267 g/mol. The fourth-order valence-corrected chi connectivity index (χ4v) is 2.21. The Morgan fingerprint density at radius 1 is 1.17 bits per heavy atom. The molecule has 4 heteroatoms. The molecule has 0 radical (unpaired) electrons. The maximum atomic E-state index is 5.61. The molecular formula is C14H21NO2S. The third kappa shape index (κ3) is 3.56. The summed E-state index contributed by atoms with van der Waals surface area (Å²) >= 11 is 4.19. The molecule has 1 aliphatic rings. The summed E-state index contributed by atoms with van der Waals surface area (Å²) in [6.45, 7) is 5.45. The van der Waals surface area contributed by atoms with E-state index in [1.807, 2.05) is 0 Å². The van der Waals surface area contributed by atoms with Gasteiger partial charge in [0.1, 0.15) is 13.2 Å². The van der Waals surface area contributed by atoms with Crippen LogP contribution in [0.2, 0.25) is 0 Å². The summed E-state index contributed by atoms with van der Waals surface area (Å²) in [6.07, 6.45) is 2.14. The molecule has 0 aliphatic carbocycles. The van der Waals surface area contributed by atoms with Crippen LogP contribution in [0.25, 0.3) is 0 Å². The molecule has 0 saturated carbocycles. The van der Waals surface area contributed by atoms with Crippen molar-refractivity contribution in [1.29, 1.82) is 0 Å². The van der Waals surface area contributed by atoms with Crippen molar-refractivity contribution < 1.29 is 9.47 Å². The Labute approximate surface area is 114 Å². The van der Waals surface area contributed by atoms with Crippen LogP contribution in [0.15, 0.2) is 12.1 Å². The predicted molar refractivity (Wildman–Crippen MR) is 77.2 cm³/mol. The number of benzene rings is 1. The first-order valence-electron chi connectivity index (χ1n) is 6.52. The second-order valence-electron chi connectivity index (χ2n) is 4.50. The standard InChI is InChI=1S/C14H21NO2S/c1-11-9-13-14(17-7-6-16-13)10-12(11)3-5-15-4-2-8-18/h9-10,15,18H,2-8H2,1H3. The van der Waals surface area contributed by atoms with Gasteiger partial charge in [0.05, 0.1) is 0 Å². The van der Waals surface area contributed by atoms with E-state index in [1.165, 1.54) is 11.1 Å². The summed E-state index contributed by atoms with van der Waals surface area (Å²) in [7, 11) is 0. The van der Waals surface area contributed by atoms with Crippen LogP contribution >= 0.6 is 12.6 Å². The normalized spacial score (nSPS) is 13.7. The molecule has 0 atom stereocenters. The molecular weight excluding hydrogens is 246 g/mol. The molecule has 1 aromatic rings. The van der Waals surface area contributed by atoms with E-state index >= 15 is 0 Å². The maximum Gasteiger partial charge on any atom is 0.161 e. The Balaban J connectivity index is 1.91. The highest BCUT2D eigenvalue weighted by Crippen LogP contribution is 2.33. The summed E-state index contributed by atoms with van der Waals surface area (Å²) in [5, 5.41) is 3.42. The van der Waals surface area contributed by atoms with Gasteiger partial charge < -0.3 is 14.8 Å². The first-order valence-corrected chi connectivity index (χ1v) is 7.15. The van der Waals surface area contributed by atoms with Gasteiger partial charge in [-0.1, -0.05) is 0 Å². The molecule has 0 saturated heterocycles. The highest BCUT2D eigenvalue weighted by Gasteiger charge is 2.13. The van der Waals surface area contributed by atoms with E-state index in [9.17, 15) is 0 Å². The van der Waals surface area contributed by atoms with Gasteiger partial charge in [-0.25, -0.2) is 0 Å².